The van der Waals surface area contributed by atoms with E-state index in [2.05, 4.69) is 4.98 Å². The Hall–Kier alpha value is -2.87. The van der Waals surface area contributed by atoms with Crippen LogP contribution in [0.5, 0.6) is 0 Å². The summed E-state index contributed by atoms with van der Waals surface area (Å²) in [5.41, 5.74) is -1.14. The van der Waals surface area contributed by atoms with Crippen LogP contribution in [0, 0.1) is 5.41 Å². The molecule has 0 radical (unpaired) electrons. The first kappa shape index (κ1) is 18.9. The molecule has 1 aromatic carbocycles. The largest absolute Gasteiger partial charge is 0.481 e. The van der Waals surface area contributed by atoms with Crippen molar-refractivity contribution in [2.45, 2.75) is 26.8 Å². The molecule has 8 nitrogen and oxygen atoms in total. The minimum absolute atomic E-state index is 0.0194. The van der Waals surface area contributed by atoms with E-state index in [9.17, 15) is 19.5 Å². The van der Waals surface area contributed by atoms with Crippen LogP contribution < -0.4 is 11.2 Å². The molecule has 27 heavy (non-hydrogen) atoms. The fourth-order valence-corrected chi connectivity index (χ4v) is 3.02. The second kappa shape index (κ2) is 6.70. The summed E-state index contributed by atoms with van der Waals surface area (Å²) >= 11 is 6.24. The number of benzene rings is 1. The number of carboxylic acid groups (broad SMARTS) is 1. The minimum Gasteiger partial charge on any atom is -0.481 e. The van der Waals surface area contributed by atoms with Crippen molar-refractivity contribution >= 4 is 28.7 Å². The Labute approximate surface area is 159 Å². The molecule has 3 aromatic rings. The number of imidazole rings is 1. The predicted octanol–water partition coefficient (Wildman–Crippen LogP) is 2.04. The summed E-state index contributed by atoms with van der Waals surface area (Å²) in [4.78, 5) is 41.2. The Kier molecular flexibility index (Phi) is 4.69. The molecule has 2 heterocycles. The highest BCUT2D eigenvalue weighted by Gasteiger charge is 2.28. The lowest BCUT2D eigenvalue weighted by molar-refractivity contribution is -0.147. The number of hydrogen-bond acceptors (Lipinski definition) is 4. The molecule has 0 saturated carbocycles. The average Bonchev–Trinajstić information content (AvgIpc) is 3.05. The Morgan fingerprint density at radius 2 is 1.93 bits per heavy atom. The van der Waals surface area contributed by atoms with Crippen LogP contribution >= 0.6 is 11.6 Å². The van der Waals surface area contributed by atoms with Gasteiger partial charge >= 0.3 is 11.7 Å². The van der Waals surface area contributed by atoms with Crippen molar-refractivity contribution in [3.05, 3.63) is 56.5 Å². The van der Waals surface area contributed by atoms with Gasteiger partial charge in [0.25, 0.3) is 5.56 Å². The smallest absolute Gasteiger partial charge is 0.332 e. The molecule has 0 aliphatic rings. The molecule has 1 N–H and O–H groups in total. The van der Waals surface area contributed by atoms with Gasteiger partial charge in [0.15, 0.2) is 11.2 Å². The molecule has 0 unspecified atom stereocenters. The maximum absolute atomic E-state index is 13.1. The van der Waals surface area contributed by atoms with Crippen LogP contribution in [-0.2, 0) is 18.4 Å². The Balaban J connectivity index is 2.21. The van der Waals surface area contributed by atoms with Crippen molar-refractivity contribution in [3.63, 3.8) is 0 Å². The average molecular weight is 391 g/mol. The van der Waals surface area contributed by atoms with Gasteiger partial charge in [-0.2, -0.15) is 0 Å². The third-order valence-corrected chi connectivity index (χ3v) is 5.00. The van der Waals surface area contributed by atoms with Crippen molar-refractivity contribution in [1.82, 2.24) is 18.7 Å². The molecule has 2 aromatic heterocycles. The fourth-order valence-electron chi connectivity index (χ4n) is 2.79. The zero-order valence-corrected chi connectivity index (χ0v) is 15.9. The van der Waals surface area contributed by atoms with Gasteiger partial charge in [-0.3, -0.25) is 23.3 Å². The van der Waals surface area contributed by atoms with Crippen LogP contribution in [0.25, 0.3) is 16.9 Å². The number of aromatic nitrogens is 4. The third kappa shape index (κ3) is 3.16. The second-order valence-corrected chi connectivity index (χ2v) is 7.38. The van der Waals surface area contributed by atoms with E-state index in [0.717, 1.165) is 4.57 Å². The lowest BCUT2D eigenvalue weighted by Crippen LogP contribution is -2.41. The van der Waals surface area contributed by atoms with Crippen LogP contribution in [0.2, 0.25) is 5.02 Å². The number of carbonyl (C=O) groups is 1. The number of carboxylic acids is 1. The Morgan fingerprint density at radius 3 is 2.56 bits per heavy atom. The molecule has 9 heteroatoms. The SMILES string of the molecule is Cn1c(=O)n(CCC(C)(C)C(=O)O)c(=O)c2c1ncn2-c1ccccc1Cl. The van der Waals surface area contributed by atoms with Gasteiger partial charge in [0.05, 0.1) is 16.1 Å². The van der Waals surface area contributed by atoms with Crippen molar-refractivity contribution in [2.24, 2.45) is 12.5 Å². The van der Waals surface area contributed by atoms with Crippen molar-refractivity contribution in [1.29, 1.82) is 0 Å². The van der Waals surface area contributed by atoms with E-state index in [4.69, 9.17) is 11.6 Å². The highest BCUT2D eigenvalue weighted by Crippen LogP contribution is 2.23. The number of nitrogens with zero attached hydrogens (tertiary/aromatic N) is 4. The van der Waals surface area contributed by atoms with Crippen LogP contribution in [-0.4, -0.2) is 29.8 Å². The first-order valence-corrected chi connectivity index (χ1v) is 8.68. The van der Waals surface area contributed by atoms with Crippen molar-refractivity contribution in [3.8, 4) is 5.69 Å². The summed E-state index contributed by atoms with van der Waals surface area (Å²) in [6.07, 6.45) is 1.57. The van der Waals surface area contributed by atoms with Gasteiger partial charge in [-0.25, -0.2) is 9.78 Å². The fraction of sp³-hybridized carbons (Fsp3) is 0.333. The van der Waals surface area contributed by atoms with Crippen LogP contribution in [0.15, 0.2) is 40.2 Å². The maximum Gasteiger partial charge on any atom is 0.332 e. The molecule has 0 fully saturated rings. The molecule has 0 saturated heterocycles. The quantitative estimate of drug-likeness (QED) is 0.718. The first-order valence-electron chi connectivity index (χ1n) is 8.30. The van der Waals surface area contributed by atoms with E-state index in [1.807, 2.05) is 0 Å². The summed E-state index contributed by atoms with van der Waals surface area (Å²) in [6, 6.07) is 6.99. The number of rotatable bonds is 5. The Morgan fingerprint density at radius 1 is 1.26 bits per heavy atom. The van der Waals surface area contributed by atoms with Gasteiger partial charge in [-0.1, -0.05) is 23.7 Å². The standard InChI is InChI=1S/C18H19ClN4O4/c1-18(2,16(25)26)8-9-22-15(24)13-14(21(3)17(22)27)20-10-23(13)12-7-5-4-6-11(12)19/h4-7,10H,8-9H2,1-3H3,(H,25,26). The van der Waals surface area contributed by atoms with Gasteiger partial charge in [0, 0.05) is 13.6 Å². The highest BCUT2D eigenvalue weighted by atomic mass is 35.5. The number of para-hydroxylation sites is 1. The molecular formula is C18H19ClN4O4. The molecule has 142 valence electrons. The lowest BCUT2D eigenvalue weighted by Gasteiger charge is -2.19. The van der Waals surface area contributed by atoms with Crippen molar-refractivity contribution in [2.75, 3.05) is 0 Å². The van der Waals surface area contributed by atoms with Crippen LogP contribution in [0.1, 0.15) is 20.3 Å². The zero-order chi connectivity index (χ0) is 19.9. The van der Waals surface area contributed by atoms with E-state index >= 15 is 0 Å². The highest BCUT2D eigenvalue weighted by molar-refractivity contribution is 6.32. The van der Waals surface area contributed by atoms with Gasteiger partial charge < -0.3 is 5.11 Å². The molecule has 0 atom stereocenters. The topological polar surface area (TPSA) is 99.1 Å². The lowest BCUT2D eigenvalue weighted by atomic mass is 9.90. The zero-order valence-electron chi connectivity index (χ0n) is 15.1. The molecule has 0 aliphatic carbocycles. The number of aryl methyl sites for hydroxylation is 1. The number of halogens is 1. The normalized spacial score (nSPS) is 11.9. The number of hydrogen-bond donors (Lipinski definition) is 1. The summed E-state index contributed by atoms with van der Waals surface area (Å²) < 4.78 is 3.86. The van der Waals surface area contributed by atoms with Crippen LogP contribution in [0.4, 0.5) is 0 Å². The number of aliphatic carboxylic acids is 1. The molecular weight excluding hydrogens is 372 g/mol. The van der Waals surface area contributed by atoms with E-state index in [-0.39, 0.29) is 24.1 Å². The van der Waals surface area contributed by atoms with Gasteiger partial charge in [0.1, 0.15) is 6.33 Å². The van der Waals surface area contributed by atoms with Gasteiger partial charge in [-0.15, -0.1) is 0 Å². The molecule has 3 rings (SSSR count). The number of fused-ring (bicyclic) bond motifs is 1. The summed E-state index contributed by atoms with van der Waals surface area (Å²) in [5.74, 6) is -0.991. The van der Waals surface area contributed by atoms with Crippen LogP contribution in [0.3, 0.4) is 0 Å². The summed E-state index contributed by atoms with van der Waals surface area (Å²) in [6.45, 7) is 3.09. The summed E-state index contributed by atoms with van der Waals surface area (Å²) in [7, 11) is 1.52. The van der Waals surface area contributed by atoms with E-state index in [1.165, 1.54) is 22.5 Å². The molecule has 0 amide bonds. The summed E-state index contributed by atoms with van der Waals surface area (Å²) in [5, 5.41) is 9.71. The predicted molar refractivity (Wildman–Crippen MR) is 102 cm³/mol. The molecule has 0 aliphatic heterocycles. The van der Waals surface area contributed by atoms with Gasteiger partial charge in [0.2, 0.25) is 0 Å². The third-order valence-electron chi connectivity index (χ3n) is 4.68. The van der Waals surface area contributed by atoms with E-state index < -0.39 is 22.6 Å². The van der Waals surface area contributed by atoms with E-state index in [0.29, 0.717) is 10.7 Å². The maximum atomic E-state index is 13.1. The van der Waals surface area contributed by atoms with Crippen molar-refractivity contribution < 1.29 is 9.90 Å². The minimum atomic E-state index is -1.07. The molecule has 0 bridgehead atoms. The Bertz CT molecular complexity index is 1160. The molecule has 0 spiro atoms. The monoisotopic (exact) mass is 390 g/mol. The van der Waals surface area contributed by atoms with E-state index in [1.54, 1.807) is 38.1 Å². The first-order chi connectivity index (χ1) is 12.6. The van der Waals surface area contributed by atoms with Gasteiger partial charge in [-0.05, 0) is 32.4 Å². The second-order valence-electron chi connectivity index (χ2n) is 6.98.